The van der Waals surface area contributed by atoms with Crippen LogP contribution < -0.4 is 10.5 Å². The quantitative estimate of drug-likeness (QED) is 0.680. The molecule has 3 atom stereocenters. The number of rotatable bonds is 4. The number of amides is 1. The molecule has 0 radical (unpaired) electrons. The van der Waals surface area contributed by atoms with E-state index in [1.165, 1.54) is 6.26 Å². The highest BCUT2D eigenvalue weighted by molar-refractivity contribution is 7.82. The second-order valence-corrected chi connectivity index (χ2v) is 3.65. The second kappa shape index (κ2) is 8.90. The van der Waals surface area contributed by atoms with Crippen LogP contribution >= 0.6 is 0 Å². The smallest absolute Gasteiger partial charge is 0.249 e. The van der Waals surface area contributed by atoms with Gasteiger partial charge in [-0.15, -0.1) is 6.58 Å². The maximum Gasteiger partial charge on any atom is 0.249 e. The van der Waals surface area contributed by atoms with E-state index in [0.29, 0.717) is 0 Å². The molecule has 5 heteroatoms. The maximum atomic E-state index is 11.1. The van der Waals surface area contributed by atoms with Gasteiger partial charge in [-0.05, 0) is 5.92 Å². The van der Waals surface area contributed by atoms with Gasteiger partial charge in [-0.1, -0.05) is 26.8 Å². The van der Waals surface area contributed by atoms with E-state index in [0.717, 1.165) is 0 Å². The first-order valence-corrected chi connectivity index (χ1v) is 6.07. The first-order valence-electron chi connectivity index (χ1n) is 4.51. The molecule has 0 spiro atoms. The van der Waals surface area contributed by atoms with Crippen LogP contribution in [0.1, 0.15) is 20.8 Å². The van der Waals surface area contributed by atoms with Crippen molar-refractivity contribution in [3.05, 3.63) is 12.7 Å². The minimum Gasteiger partial charge on any atom is -0.319 e. The van der Waals surface area contributed by atoms with Crippen molar-refractivity contribution in [3.63, 3.8) is 0 Å². The molecule has 3 unspecified atom stereocenters. The van der Waals surface area contributed by atoms with Gasteiger partial charge in [-0.25, -0.2) is 4.21 Å². The van der Waals surface area contributed by atoms with Gasteiger partial charge in [0.1, 0.15) is 11.0 Å². The van der Waals surface area contributed by atoms with Crippen molar-refractivity contribution in [1.82, 2.24) is 4.72 Å². The second-order valence-electron chi connectivity index (χ2n) is 2.54. The first-order chi connectivity index (χ1) is 6.49. The lowest BCUT2D eigenvalue weighted by molar-refractivity contribution is -0.121. The van der Waals surface area contributed by atoms with Crippen LogP contribution in [0.5, 0.6) is 0 Å². The molecule has 1 amide bonds. The molecule has 0 aromatic carbocycles. The number of nitrogens with two attached hydrogens (primary N) is 1. The molecule has 4 nitrogen and oxygen atoms in total. The third-order valence-corrected chi connectivity index (χ3v) is 1.97. The lowest BCUT2D eigenvalue weighted by atomic mass is 10.0. The molecule has 0 bridgehead atoms. The summed E-state index contributed by atoms with van der Waals surface area (Å²) in [5.74, 6) is -0.531. The molecule has 3 N–H and O–H groups in total. The van der Waals surface area contributed by atoms with Gasteiger partial charge >= 0.3 is 0 Å². The van der Waals surface area contributed by atoms with Crippen molar-refractivity contribution in [3.8, 4) is 0 Å². The summed E-state index contributed by atoms with van der Waals surface area (Å²) in [6.45, 7) is 9.28. The Morgan fingerprint density at radius 2 is 2.00 bits per heavy atom. The number of hydrogen-bond acceptors (Lipinski definition) is 3. The van der Waals surface area contributed by atoms with Crippen LogP contribution in [-0.2, 0) is 15.8 Å². The fourth-order valence-electron chi connectivity index (χ4n) is 0.595. The molecular formula is C9H20N2O2S. The topological polar surface area (TPSA) is 72.2 Å². The van der Waals surface area contributed by atoms with Gasteiger partial charge in [-0.3, -0.25) is 9.52 Å². The van der Waals surface area contributed by atoms with Crippen molar-refractivity contribution < 1.29 is 9.00 Å². The van der Waals surface area contributed by atoms with Crippen molar-refractivity contribution in [2.24, 2.45) is 11.7 Å². The molecule has 0 saturated carbocycles. The van der Waals surface area contributed by atoms with E-state index in [4.69, 9.17) is 5.73 Å². The highest BCUT2D eigenvalue weighted by Gasteiger charge is 2.18. The highest BCUT2D eigenvalue weighted by atomic mass is 32.2. The molecule has 0 aliphatic carbocycles. The van der Waals surface area contributed by atoms with Crippen LogP contribution in [0.25, 0.3) is 0 Å². The molecule has 0 aliphatic rings. The summed E-state index contributed by atoms with van der Waals surface area (Å²) >= 11 is 0. The molecule has 0 saturated heterocycles. The third-order valence-electron chi connectivity index (χ3n) is 1.49. The summed E-state index contributed by atoms with van der Waals surface area (Å²) in [5.41, 5.74) is 5.50. The first kappa shape index (κ1) is 15.8. The normalized spacial score (nSPS) is 15.5. The van der Waals surface area contributed by atoms with Gasteiger partial charge < -0.3 is 5.73 Å². The van der Waals surface area contributed by atoms with Crippen LogP contribution in [0.4, 0.5) is 0 Å². The summed E-state index contributed by atoms with van der Waals surface area (Å²) in [4.78, 5) is 11.1. The van der Waals surface area contributed by atoms with Gasteiger partial charge in [0.05, 0.1) is 6.04 Å². The minimum absolute atomic E-state index is 0.117. The Morgan fingerprint density at radius 3 is 2.29 bits per heavy atom. The van der Waals surface area contributed by atoms with Gasteiger partial charge in [0.25, 0.3) is 0 Å². The average Bonchev–Trinajstić information content (AvgIpc) is 2.17. The standard InChI is InChI=1S/C7H14N2O2S.C2H6/c1-4-5(2)6(8)7(10)9-12(3)11;1-2/h4-6H,1,8H2,2-3H3,(H,9,10);1-2H3. The molecule has 84 valence electrons. The summed E-state index contributed by atoms with van der Waals surface area (Å²) in [6.07, 6.45) is 2.96. The fourth-order valence-corrected chi connectivity index (χ4v) is 1.01. The molecule has 0 aromatic heterocycles. The van der Waals surface area contributed by atoms with Gasteiger partial charge in [0.2, 0.25) is 5.91 Å². The molecular weight excluding hydrogens is 200 g/mol. The maximum absolute atomic E-state index is 11.1. The van der Waals surface area contributed by atoms with E-state index in [1.807, 2.05) is 13.8 Å². The van der Waals surface area contributed by atoms with Crippen molar-refractivity contribution in [1.29, 1.82) is 0 Å². The summed E-state index contributed by atoms with van der Waals surface area (Å²) in [7, 11) is -1.35. The van der Waals surface area contributed by atoms with Gasteiger partial charge in [0, 0.05) is 6.26 Å². The number of nitrogens with one attached hydrogen (secondary N) is 1. The minimum atomic E-state index is -1.35. The molecule has 0 heterocycles. The number of hydrogen-bond donors (Lipinski definition) is 2. The van der Waals surface area contributed by atoms with Crippen molar-refractivity contribution >= 4 is 16.9 Å². The van der Waals surface area contributed by atoms with E-state index in [9.17, 15) is 9.00 Å². The molecule has 14 heavy (non-hydrogen) atoms. The zero-order valence-electron chi connectivity index (χ0n) is 9.24. The van der Waals surface area contributed by atoms with Crippen molar-refractivity contribution in [2.45, 2.75) is 26.8 Å². The van der Waals surface area contributed by atoms with Crippen LogP contribution in [0, 0.1) is 5.92 Å². The number of carbonyl (C=O) groups is 1. The van der Waals surface area contributed by atoms with Crippen LogP contribution in [0.2, 0.25) is 0 Å². The zero-order chi connectivity index (χ0) is 11.7. The Labute approximate surface area is 88.5 Å². The monoisotopic (exact) mass is 220 g/mol. The van der Waals surface area contributed by atoms with E-state index in [-0.39, 0.29) is 5.92 Å². The van der Waals surface area contributed by atoms with Crippen LogP contribution in [0.15, 0.2) is 12.7 Å². The predicted octanol–water partition coefficient (Wildman–Crippen LogP) is 0.572. The number of carbonyl (C=O) groups excluding carboxylic acids is 1. The van der Waals surface area contributed by atoms with E-state index in [2.05, 4.69) is 11.3 Å². The average molecular weight is 220 g/mol. The Hall–Kier alpha value is -0.680. The Bertz CT molecular complexity index is 207. The van der Waals surface area contributed by atoms with Gasteiger partial charge in [0.15, 0.2) is 0 Å². The van der Waals surface area contributed by atoms with E-state index < -0.39 is 22.9 Å². The Balaban J connectivity index is 0. The van der Waals surface area contributed by atoms with E-state index in [1.54, 1.807) is 13.0 Å². The lowest BCUT2D eigenvalue weighted by Crippen LogP contribution is -2.44. The molecule has 0 fully saturated rings. The molecule has 0 aliphatic heterocycles. The Morgan fingerprint density at radius 1 is 1.57 bits per heavy atom. The third kappa shape index (κ3) is 6.80. The summed E-state index contributed by atoms with van der Waals surface area (Å²) in [6, 6.07) is -0.675. The van der Waals surface area contributed by atoms with Crippen molar-refractivity contribution in [2.75, 3.05) is 6.26 Å². The lowest BCUT2D eigenvalue weighted by Gasteiger charge is -2.14. The van der Waals surface area contributed by atoms with E-state index >= 15 is 0 Å². The van der Waals surface area contributed by atoms with Crippen LogP contribution in [-0.4, -0.2) is 22.4 Å². The predicted molar refractivity (Wildman–Crippen MR) is 60.9 cm³/mol. The summed E-state index contributed by atoms with van der Waals surface area (Å²) < 4.78 is 12.8. The zero-order valence-corrected chi connectivity index (χ0v) is 10.1. The SMILES string of the molecule is C=CC(C)C(N)C(=O)NS(C)=O.CC. The highest BCUT2D eigenvalue weighted by Crippen LogP contribution is 2.00. The van der Waals surface area contributed by atoms with Gasteiger partial charge in [-0.2, -0.15) is 0 Å². The fraction of sp³-hybridized carbons (Fsp3) is 0.667. The Kier molecular flexibility index (Phi) is 10.0. The summed E-state index contributed by atoms with van der Waals surface area (Å²) in [5, 5.41) is 0. The molecule has 0 rings (SSSR count). The largest absolute Gasteiger partial charge is 0.319 e. The molecule has 0 aromatic rings. The van der Waals surface area contributed by atoms with Crippen LogP contribution in [0.3, 0.4) is 0 Å².